The molecule has 0 amide bonds. The van der Waals surface area contributed by atoms with Gasteiger partial charge in [0.05, 0.1) is 20.3 Å². The lowest BCUT2D eigenvalue weighted by Crippen LogP contribution is -2.29. The highest BCUT2D eigenvalue weighted by molar-refractivity contribution is 5.28. The molecule has 6 nitrogen and oxygen atoms in total. The maximum absolute atomic E-state index is 5.64. The minimum absolute atomic E-state index is 0.115. The van der Waals surface area contributed by atoms with E-state index < -0.39 is 0 Å². The summed E-state index contributed by atoms with van der Waals surface area (Å²) in [7, 11) is 3.23. The molecule has 0 fully saturated rings. The van der Waals surface area contributed by atoms with Crippen molar-refractivity contribution >= 4 is 0 Å². The summed E-state index contributed by atoms with van der Waals surface area (Å²) in [5.74, 6) is 6.99. The Morgan fingerprint density at radius 3 is 2.43 bits per heavy atom. The van der Waals surface area contributed by atoms with Crippen molar-refractivity contribution in [2.24, 2.45) is 5.84 Å². The van der Waals surface area contributed by atoms with E-state index in [1.165, 1.54) is 5.56 Å². The number of hydrogen-bond donors (Lipinski definition) is 2. The average Bonchev–Trinajstić information content (AvgIpc) is 2.56. The van der Waals surface area contributed by atoms with Crippen LogP contribution in [-0.4, -0.2) is 24.2 Å². The smallest absolute Gasteiger partial charge is 0.237 e. The van der Waals surface area contributed by atoms with Crippen LogP contribution in [0.1, 0.15) is 23.7 Å². The van der Waals surface area contributed by atoms with Gasteiger partial charge in [-0.1, -0.05) is 12.1 Å². The molecular weight excluding hydrogens is 268 g/mol. The maximum Gasteiger partial charge on any atom is 0.237 e. The molecule has 6 heteroatoms. The van der Waals surface area contributed by atoms with Gasteiger partial charge in [-0.25, -0.2) is 4.98 Å². The molecule has 2 rings (SSSR count). The molecule has 0 aliphatic carbocycles. The van der Waals surface area contributed by atoms with E-state index in [1.54, 1.807) is 26.6 Å². The van der Waals surface area contributed by atoms with E-state index in [1.807, 2.05) is 24.3 Å². The summed E-state index contributed by atoms with van der Waals surface area (Å²) in [6.07, 6.45) is 4.88. The molecule has 1 aromatic carbocycles. The van der Waals surface area contributed by atoms with Crippen molar-refractivity contribution in [2.75, 3.05) is 14.2 Å². The second kappa shape index (κ2) is 7.56. The second-order valence-corrected chi connectivity index (χ2v) is 4.56. The first kappa shape index (κ1) is 15.2. The van der Waals surface area contributed by atoms with Crippen molar-refractivity contribution in [3.8, 4) is 11.6 Å². The van der Waals surface area contributed by atoms with Crippen LogP contribution in [0, 0.1) is 0 Å². The van der Waals surface area contributed by atoms with Gasteiger partial charge in [-0.15, -0.1) is 0 Å². The Hall–Kier alpha value is -2.18. The number of nitrogens with one attached hydrogen (secondary N) is 1. The summed E-state index contributed by atoms with van der Waals surface area (Å²) in [5.41, 5.74) is 4.70. The van der Waals surface area contributed by atoms with Gasteiger partial charge in [-0.3, -0.25) is 16.3 Å². The Kier molecular flexibility index (Phi) is 5.48. The van der Waals surface area contributed by atoms with Gasteiger partial charge in [-0.05, 0) is 30.5 Å². The molecule has 0 aliphatic heterocycles. The molecule has 112 valence electrons. The van der Waals surface area contributed by atoms with E-state index in [4.69, 9.17) is 15.3 Å². The van der Waals surface area contributed by atoms with Crippen LogP contribution in [0.2, 0.25) is 0 Å². The first-order chi connectivity index (χ1) is 10.3. The van der Waals surface area contributed by atoms with E-state index in [9.17, 15) is 0 Å². The highest BCUT2D eigenvalue weighted by Gasteiger charge is 2.17. The van der Waals surface area contributed by atoms with Crippen molar-refractivity contribution in [3.63, 3.8) is 0 Å². The molecule has 0 aliphatic rings. The van der Waals surface area contributed by atoms with Crippen molar-refractivity contribution in [2.45, 2.75) is 18.9 Å². The normalized spacial score (nSPS) is 12.0. The zero-order valence-electron chi connectivity index (χ0n) is 12.2. The third kappa shape index (κ3) is 3.90. The number of benzene rings is 1. The highest BCUT2D eigenvalue weighted by Crippen LogP contribution is 2.23. The van der Waals surface area contributed by atoms with Crippen molar-refractivity contribution in [3.05, 3.63) is 47.9 Å². The van der Waals surface area contributed by atoms with Crippen LogP contribution in [0.25, 0.3) is 0 Å². The van der Waals surface area contributed by atoms with Crippen molar-refractivity contribution < 1.29 is 9.47 Å². The predicted molar refractivity (Wildman–Crippen MR) is 80.0 cm³/mol. The first-order valence-corrected chi connectivity index (χ1v) is 6.72. The van der Waals surface area contributed by atoms with Crippen LogP contribution >= 0.6 is 0 Å². The monoisotopic (exact) mass is 288 g/mol. The third-order valence-electron chi connectivity index (χ3n) is 3.30. The lowest BCUT2D eigenvalue weighted by Gasteiger charge is -2.17. The topological polar surface area (TPSA) is 82.3 Å². The van der Waals surface area contributed by atoms with Crippen LogP contribution in [0.4, 0.5) is 0 Å². The standard InChI is InChI=1S/C15H20N4O2/c1-20-12-6-3-11(4-7-12)5-8-13(19-16)14-15(21-2)18-10-9-17-14/h3-4,6-7,9-10,13,19H,5,8,16H2,1-2H3. The number of nitrogens with two attached hydrogens (primary N) is 1. The fourth-order valence-electron chi connectivity index (χ4n) is 2.13. The van der Waals surface area contributed by atoms with Crippen LogP contribution in [0.15, 0.2) is 36.7 Å². The Balaban J connectivity index is 2.05. The van der Waals surface area contributed by atoms with Gasteiger partial charge in [0.2, 0.25) is 5.88 Å². The molecule has 1 unspecified atom stereocenters. The predicted octanol–water partition coefficient (Wildman–Crippen LogP) is 1.63. The fourth-order valence-corrected chi connectivity index (χ4v) is 2.13. The lowest BCUT2D eigenvalue weighted by molar-refractivity contribution is 0.374. The van der Waals surface area contributed by atoms with E-state index in [0.29, 0.717) is 5.88 Å². The number of nitrogens with zero attached hydrogens (tertiary/aromatic N) is 2. The van der Waals surface area contributed by atoms with Crippen LogP contribution in [0.5, 0.6) is 11.6 Å². The summed E-state index contributed by atoms with van der Waals surface area (Å²) in [5, 5.41) is 0. The molecule has 3 N–H and O–H groups in total. The van der Waals surface area contributed by atoms with E-state index in [-0.39, 0.29) is 6.04 Å². The Morgan fingerprint density at radius 2 is 1.81 bits per heavy atom. The molecule has 0 bridgehead atoms. The number of hydrogen-bond acceptors (Lipinski definition) is 6. The number of hydrazine groups is 1. The number of rotatable bonds is 7. The highest BCUT2D eigenvalue weighted by atomic mass is 16.5. The van der Waals surface area contributed by atoms with Gasteiger partial charge in [0.25, 0.3) is 0 Å². The van der Waals surface area contributed by atoms with E-state index in [2.05, 4.69) is 15.4 Å². The molecule has 0 saturated carbocycles. The average molecular weight is 288 g/mol. The number of aryl methyl sites for hydroxylation is 1. The van der Waals surface area contributed by atoms with Gasteiger partial charge in [0.15, 0.2) is 0 Å². The largest absolute Gasteiger partial charge is 0.497 e. The Labute approximate surface area is 124 Å². The molecule has 1 aromatic heterocycles. The number of aromatic nitrogens is 2. The summed E-state index contributed by atoms with van der Waals surface area (Å²) >= 11 is 0. The molecule has 0 spiro atoms. The van der Waals surface area contributed by atoms with Crippen LogP contribution in [0.3, 0.4) is 0 Å². The summed E-state index contributed by atoms with van der Waals surface area (Å²) in [4.78, 5) is 8.46. The van der Waals surface area contributed by atoms with E-state index in [0.717, 1.165) is 24.3 Å². The molecule has 2 aromatic rings. The second-order valence-electron chi connectivity index (χ2n) is 4.56. The molecule has 1 heterocycles. The minimum atomic E-state index is -0.115. The molecule has 0 radical (unpaired) electrons. The van der Waals surface area contributed by atoms with Crippen LogP contribution < -0.4 is 20.7 Å². The fraction of sp³-hybridized carbons (Fsp3) is 0.333. The summed E-state index contributed by atoms with van der Waals surface area (Å²) in [6.45, 7) is 0. The van der Waals surface area contributed by atoms with Crippen molar-refractivity contribution in [1.29, 1.82) is 0 Å². The van der Waals surface area contributed by atoms with Gasteiger partial charge in [0.1, 0.15) is 11.4 Å². The molecular formula is C15H20N4O2. The molecule has 0 saturated heterocycles. The van der Waals surface area contributed by atoms with Gasteiger partial charge in [-0.2, -0.15) is 0 Å². The third-order valence-corrected chi connectivity index (χ3v) is 3.30. The van der Waals surface area contributed by atoms with Crippen LogP contribution in [-0.2, 0) is 6.42 Å². The Morgan fingerprint density at radius 1 is 1.10 bits per heavy atom. The zero-order valence-corrected chi connectivity index (χ0v) is 12.2. The SMILES string of the molecule is COc1ccc(CCC(NN)c2nccnc2OC)cc1. The molecule has 1 atom stereocenters. The minimum Gasteiger partial charge on any atom is -0.497 e. The maximum atomic E-state index is 5.64. The number of ether oxygens (including phenoxy) is 2. The van der Waals surface area contributed by atoms with E-state index >= 15 is 0 Å². The Bertz CT molecular complexity index is 560. The zero-order chi connectivity index (χ0) is 15.1. The quantitative estimate of drug-likeness (QED) is 0.595. The van der Waals surface area contributed by atoms with Gasteiger partial charge < -0.3 is 9.47 Å². The lowest BCUT2D eigenvalue weighted by atomic mass is 10.0. The van der Waals surface area contributed by atoms with Crippen molar-refractivity contribution in [1.82, 2.24) is 15.4 Å². The number of methoxy groups -OCH3 is 2. The summed E-state index contributed by atoms with van der Waals surface area (Å²) < 4.78 is 10.4. The first-order valence-electron chi connectivity index (χ1n) is 6.72. The molecule has 21 heavy (non-hydrogen) atoms. The van der Waals surface area contributed by atoms with Gasteiger partial charge in [0, 0.05) is 12.4 Å². The van der Waals surface area contributed by atoms with Gasteiger partial charge >= 0.3 is 0 Å². The summed E-state index contributed by atoms with van der Waals surface area (Å²) in [6, 6.07) is 7.86.